The van der Waals surface area contributed by atoms with Gasteiger partial charge in [-0.05, 0) is 63.0 Å². The summed E-state index contributed by atoms with van der Waals surface area (Å²) in [6.45, 7) is 8.56. The maximum atomic E-state index is 11.7. The Hall–Kier alpha value is -2.73. The molecule has 33 heavy (non-hydrogen) atoms. The van der Waals surface area contributed by atoms with Crippen LogP contribution in [0.4, 0.5) is 11.4 Å². The molecular weight excluding hydrogens is 414 g/mol. The standard InChI is InChI=1S/C22H30N2O3.C5H11N/c1-4-6-13-24(14-7-5-2)20-16-17(22(25)26)15-19(23-3)21(20)27-18-11-9-8-10-12-18;1-2-4-6-5-3-1/h8-12,15-16,23H,4-7,13-14H2,1-3H3,(H,25,26);6H,1-5H2. The van der Waals surface area contributed by atoms with E-state index in [-0.39, 0.29) is 5.56 Å². The molecule has 3 rings (SSSR count). The number of para-hydroxylation sites is 1. The largest absolute Gasteiger partial charge is 0.478 e. The second kappa shape index (κ2) is 15.2. The Balaban J connectivity index is 0.000000554. The van der Waals surface area contributed by atoms with Crippen molar-refractivity contribution in [2.24, 2.45) is 0 Å². The second-order valence-corrected chi connectivity index (χ2v) is 8.35. The molecule has 1 aliphatic rings. The van der Waals surface area contributed by atoms with Crippen molar-refractivity contribution in [1.82, 2.24) is 5.32 Å². The maximum Gasteiger partial charge on any atom is 0.335 e. The monoisotopic (exact) mass is 455 g/mol. The first-order valence-corrected chi connectivity index (χ1v) is 12.4. The Morgan fingerprint density at radius 1 is 1.03 bits per heavy atom. The third-order valence-corrected chi connectivity index (χ3v) is 5.66. The van der Waals surface area contributed by atoms with E-state index in [1.165, 1.54) is 32.4 Å². The van der Waals surface area contributed by atoms with Crippen LogP contribution in [-0.4, -0.2) is 44.3 Å². The molecule has 1 saturated heterocycles. The molecule has 182 valence electrons. The number of piperidine rings is 1. The van der Waals surface area contributed by atoms with Gasteiger partial charge in [0.25, 0.3) is 0 Å². The van der Waals surface area contributed by atoms with Crippen LogP contribution in [0.5, 0.6) is 11.5 Å². The van der Waals surface area contributed by atoms with Crippen molar-refractivity contribution in [2.45, 2.75) is 58.8 Å². The predicted octanol–water partition coefficient (Wildman–Crippen LogP) is 6.39. The smallest absolute Gasteiger partial charge is 0.335 e. The summed E-state index contributed by atoms with van der Waals surface area (Å²) in [6, 6.07) is 12.9. The minimum atomic E-state index is -0.940. The minimum absolute atomic E-state index is 0.257. The molecule has 0 amide bonds. The van der Waals surface area contributed by atoms with Gasteiger partial charge in [0.05, 0.1) is 16.9 Å². The Kier molecular flexibility index (Phi) is 12.2. The second-order valence-electron chi connectivity index (χ2n) is 8.35. The van der Waals surface area contributed by atoms with Gasteiger partial charge in [-0.15, -0.1) is 0 Å². The topological polar surface area (TPSA) is 73.8 Å². The number of nitrogens with one attached hydrogen (secondary N) is 2. The quantitative estimate of drug-likeness (QED) is 0.365. The summed E-state index contributed by atoms with van der Waals surface area (Å²) in [7, 11) is 1.78. The summed E-state index contributed by atoms with van der Waals surface area (Å²) in [5, 5.41) is 15.9. The maximum absolute atomic E-state index is 11.7. The highest BCUT2D eigenvalue weighted by Gasteiger charge is 2.20. The van der Waals surface area contributed by atoms with Crippen LogP contribution in [0.1, 0.15) is 69.2 Å². The summed E-state index contributed by atoms with van der Waals surface area (Å²) >= 11 is 0. The molecule has 0 bridgehead atoms. The average Bonchev–Trinajstić information content (AvgIpc) is 2.86. The van der Waals surface area contributed by atoms with E-state index in [2.05, 4.69) is 29.4 Å². The molecule has 0 aliphatic carbocycles. The number of ether oxygens (including phenoxy) is 1. The number of unbranched alkanes of at least 4 members (excludes halogenated alkanes) is 2. The fourth-order valence-corrected chi connectivity index (χ4v) is 3.72. The molecule has 1 heterocycles. The third-order valence-electron chi connectivity index (χ3n) is 5.66. The van der Waals surface area contributed by atoms with E-state index in [0.29, 0.717) is 11.4 Å². The number of hydrogen-bond donors (Lipinski definition) is 3. The van der Waals surface area contributed by atoms with Crippen molar-refractivity contribution in [1.29, 1.82) is 0 Å². The van der Waals surface area contributed by atoms with E-state index in [9.17, 15) is 9.90 Å². The molecule has 0 unspecified atom stereocenters. The van der Waals surface area contributed by atoms with E-state index in [0.717, 1.165) is 50.2 Å². The van der Waals surface area contributed by atoms with Gasteiger partial charge < -0.3 is 25.4 Å². The molecule has 0 spiro atoms. The van der Waals surface area contributed by atoms with Crippen LogP contribution in [0, 0.1) is 0 Å². The number of carbonyl (C=O) groups is 1. The number of anilines is 2. The van der Waals surface area contributed by atoms with Crippen LogP contribution in [0.15, 0.2) is 42.5 Å². The lowest BCUT2D eigenvalue weighted by molar-refractivity contribution is 0.0697. The van der Waals surface area contributed by atoms with E-state index < -0.39 is 5.97 Å². The van der Waals surface area contributed by atoms with Gasteiger partial charge in [-0.3, -0.25) is 0 Å². The Morgan fingerprint density at radius 3 is 2.12 bits per heavy atom. The normalized spacial score (nSPS) is 12.9. The lowest BCUT2D eigenvalue weighted by Gasteiger charge is -2.28. The number of aromatic carboxylic acids is 1. The van der Waals surface area contributed by atoms with E-state index in [1.54, 1.807) is 19.2 Å². The molecular formula is C27H41N3O3. The van der Waals surface area contributed by atoms with Gasteiger partial charge in [-0.2, -0.15) is 0 Å². The summed E-state index contributed by atoms with van der Waals surface area (Å²) in [6.07, 6.45) is 8.46. The highest BCUT2D eigenvalue weighted by Crippen LogP contribution is 2.40. The number of carboxylic acid groups (broad SMARTS) is 1. The summed E-state index contributed by atoms with van der Waals surface area (Å²) < 4.78 is 6.21. The average molecular weight is 456 g/mol. The first-order chi connectivity index (χ1) is 16.1. The number of rotatable bonds is 11. The van der Waals surface area contributed by atoms with Gasteiger partial charge in [0.2, 0.25) is 0 Å². The lowest BCUT2D eigenvalue weighted by Crippen LogP contribution is -2.26. The highest BCUT2D eigenvalue weighted by atomic mass is 16.5. The van der Waals surface area contributed by atoms with Crippen molar-refractivity contribution in [2.75, 3.05) is 43.4 Å². The number of hydrogen-bond acceptors (Lipinski definition) is 5. The molecule has 0 atom stereocenters. The Labute approximate surface area is 199 Å². The molecule has 3 N–H and O–H groups in total. The first kappa shape index (κ1) is 26.5. The first-order valence-electron chi connectivity index (χ1n) is 12.4. The van der Waals surface area contributed by atoms with Gasteiger partial charge in [-0.1, -0.05) is 51.3 Å². The zero-order chi connectivity index (χ0) is 23.9. The predicted molar refractivity (Wildman–Crippen MR) is 138 cm³/mol. The van der Waals surface area contributed by atoms with Gasteiger partial charge >= 0.3 is 5.97 Å². The van der Waals surface area contributed by atoms with E-state index >= 15 is 0 Å². The molecule has 0 radical (unpaired) electrons. The molecule has 2 aromatic rings. The van der Waals surface area contributed by atoms with Crippen molar-refractivity contribution in [3.8, 4) is 11.5 Å². The van der Waals surface area contributed by atoms with Gasteiger partial charge in [0.1, 0.15) is 5.75 Å². The fraction of sp³-hybridized carbons (Fsp3) is 0.519. The lowest BCUT2D eigenvalue weighted by atomic mass is 10.1. The van der Waals surface area contributed by atoms with E-state index in [4.69, 9.17) is 4.74 Å². The van der Waals surface area contributed by atoms with Gasteiger partial charge in [-0.25, -0.2) is 4.79 Å². The molecule has 0 aromatic heterocycles. The Morgan fingerprint density at radius 2 is 1.67 bits per heavy atom. The highest BCUT2D eigenvalue weighted by molar-refractivity contribution is 5.92. The van der Waals surface area contributed by atoms with Crippen LogP contribution in [-0.2, 0) is 0 Å². The van der Waals surface area contributed by atoms with Crippen LogP contribution in [0.25, 0.3) is 0 Å². The van der Waals surface area contributed by atoms with Crippen molar-refractivity contribution in [3.63, 3.8) is 0 Å². The van der Waals surface area contributed by atoms with E-state index in [1.807, 2.05) is 30.3 Å². The Bertz CT molecular complexity index is 803. The molecule has 6 nitrogen and oxygen atoms in total. The minimum Gasteiger partial charge on any atom is -0.478 e. The van der Waals surface area contributed by atoms with Crippen LogP contribution < -0.4 is 20.3 Å². The summed E-state index contributed by atoms with van der Waals surface area (Å²) in [5.74, 6) is 0.454. The van der Waals surface area contributed by atoms with Gasteiger partial charge in [0.15, 0.2) is 5.75 Å². The molecule has 2 aromatic carbocycles. The number of carboxylic acids is 1. The fourth-order valence-electron chi connectivity index (χ4n) is 3.72. The zero-order valence-electron chi connectivity index (χ0n) is 20.5. The number of benzene rings is 2. The molecule has 6 heteroatoms. The molecule has 1 fully saturated rings. The third kappa shape index (κ3) is 8.97. The molecule has 1 aliphatic heterocycles. The summed E-state index contributed by atoms with van der Waals surface area (Å²) in [4.78, 5) is 13.9. The van der Waals surface area contributed by atoms with Crippen LogP contribution in [0.2, 0.25) is 0 Å². The zero-order valence-corrected chi connectivity index (χ0v) is 20.5. The SMILES string of the molecule is C1CCNCC1.CCCCN(CCCC)c1cc(C(=O)O)cc(NC)c1Oc1ccccc1. The van der Waals surface area contributed by atoms with Crippen molar-refractivity contribution < 1.29 is 14.6 Å². The van der Waals surface area contributed by atoms with Crippen molar-refractivity contribution in [3.05, 3.63) is 48.0 Å². The van der Waals surface area contributed by atoms with Crippen molar-refractivity contribution >= 4 is 17.3 Å². The molecule has 0 saturated carbocycles. The van der Waals surface area contributed by atoms with Crippen LogP contribution in [0.3, 0.4) is 0 Å². The number of nitrogens with zero attached hydrogens (tertiary/aromatic N) is 1. The van der Waals surface area contributed by atoms with Crippen LogP contribution >= 0.6 is 0 Å². The summed E-state index contributed by atoms with van der Waals surface area (Å²) in [5.41, 5.74) is 1.75. The van der Waals surface area contributed by atoms with Gasteiger partial charge in [0, 0.05) is 20.1 Å².